The summed E-state index contributed by atoms with van der Waals surface area (Å²) in [6.07, 6.45) is 8.69. The normalized spacial score (nSPS) is 47.9. The number of hydrogen-bond donors (Lipinski definition) is 1. The van der Waals surface area contributed by atoms with E-state index >= 15 is 0 Å². The molecule has 2 aliphatic rings. The minimum Gasteiger partial charge on any atom is -0.302 e. The van der Waals surface area contributed by atoms with Crippen LogP contribution in [0, 0.1) is 0 Å². The molecule has 2 heterocycles. The van der Waals surface area contributed by atoms with Crippen molar-refractivity contribution in [1.29, 1.82) is 0 Å². The van der Waals surface area contributed by atoms with E-state index in [0.717, 1.165) is 0 Å². The zero-order chi connectivity index (χ0) is 6.32. The average Bonchev–Trinajstić information content (AvgIpc) is 2.07. The fourth-order valence-electron chi connectivity index (χ4n) is 1.86. The van der Waals surface area contributed by atoms with Crippen LogP contribution in [0.3, 0.4) is 0 Å². The third-order valence-electron chi connectivity index (χ3n) is 2.42. The van der Waals surface area contributed by atoms with Gasteiger partial charge in [-0.15, -0.1) is 0 Å². The fraction of sp³-hybridized carbons (Fsp3) is 0.750. The molecule has 2 bridgehead atoms. The van der Waals surface area contributed by atoms with Crippen LogP contribution in [-0.2, 0) is 0 Å². The predicted octanol–water partition coefficient (Wildman–Crippen LogP) is 1.46. The van der Waals surface area contributed by atoms with Crippen LogP contribution >= 0.6 is 0 Å². The Morgan fingerprint density at radius 1 is 1.67 bits per heavy atom. The molecule has 1 nitrogen and oxygen atoms in total. The Morgan fingerprint density at radius 2 is 2.56 bits per heavy atom. The van der Waals surface area contributed by atoms with Gasteiger partial charge in [0.25, 0.3) is 0 Å². The molecule has 0 saturated carbocycles. The summed E-state index contributed by atoms with van der Waals surface area (Å²) in [6.45, 7) is 2.28. The third kappa shape index (κ3) is 0.799. The molecule has 2 atom stereocenters. The first-order valence-electron chi connectivity index (χ1n) is 3.76. The van der Waals surface area contributed by atoms with Crippen molar-refractivity contribution in [2.24, 2.45) is 0 Å². The van der Waals surface area contributed by atoms with Crippen LogP contribution in [0.25, 0.3) is 0 Å². The molecule has 50 valence electrons. The van der Waals surface area contributed by atoms with Gasteiger partial charge in [-0.2, -0.15) is 0 Å². The number of nitrogens with one attached hydrogen (secondary N) is 1. The van der Waals surface area contributed by atoms with Crippen LogP contribution in [-0.4, -0.2) is 11.6 Å². The van der Waals surface area contributed by atoms with Crippen molar-refractivity contribution in [3.05, 3.63) is 12.2 Å². The van der Waals surface area contributed by atoms with Crippen LogP contribution in [0.15, 0.2) is 12.2 Å². The van der Waals surface area contributed by atoms with E-state index in [9.17, 15) is 0 Å². The minimum atomic E-state index is 0.364. The highest BCUT2D eigenvalue weighted by Crippen LogP contribution is 2.28. The first kappa shape index (κ1) is 5.48. The largest absolute Gasteiger partial charge is 0.302 e. The highest BCUT2D eigenvalue weighted by molar-refractivity contribution is 5.18. The summed E-state index contributed by atoms with van der Waals surface area (Å²) >= 11 is 0. The van der Waals surface area contributed by atoms with Crippen molar-refractivity contribution in [2.45, 2.75) is 37.8 Å². The average molecular weight is 123 g/mol. The summed E-state index contributed by atoms with van der Waals surface area (Å²) in [4.78, 5) is 0. The van der Waals surface area contributed by atoms with Gasteiger partial charge >= 0.3 is 0 Å². The van der Waals surface area contributed by atoms with Crippen LogP contribution in [0.2, 0.25) is 0 Å². The fourth-order valence-corrected chi connectivity index (χ4v) is 1.86. The molecule has 1 N–H and O–H groups in total. The summed E-state index contributed by atoms with van der Waals surface area (Å²) in [5.41, 5.74) is 0.364. The van der Waals surface area contributed by atoms with Gasteiger partial charge in [-0.3, -0.25) is 0 Å². The summed E-state index contributed by atoms with van der Waals surface area (Å²) in [5, 5.41) is 3.56. The Labute approximate surface area is 56.1 Å². The van der Waals surface area contributed by atoms with E-state index in [1.54, 1.807) is 0 Å². The second kappa shape index (κ2) is 1.60. The molecule has 2 unspecified atom stereocenters. The Balaban J connectivity index is 2.22. The maximum absolute atomic E-state index is 3.56. The van der Waals surface area contributed by atoms with Crippen molar-refractivity contribution in [3.8, 4) is 0 Å². The van der Waals surface area contributed by atoms with E-state index in [-0.39, 0.29) is 0 Å². The van der Waals surface area contributed by atoms with Gasteiger partial charge < -0.3 is 5.32 Å². The number of hydrogen-bond acceptors (Lipinski definition) is 1. The van der Waals surface area contributed by atoms with Crippen LogP contribution in [0.1, 0.15) is 26.2 Å². The van der Waals surface area contributed by atoms with E-state index in [1.165, 1.54) is 19.3 Å². The molecule has 1 saturated heterocycles. The molecule has 2 aliphatic heterocycles. The molecule has 0 amide bonds. The smallest absolute Gasteiger partial charge is 0.0341 e. The molecular weight excluding hydrogens is 110 g/mol. The Kier molecular flexibility index (Phi) is 0.974. The Hall–Kier alpha value is -0.300. The van der Waals surface area contributed by atoms with Gasteiger partial charge in [0.05, 0.1) is 0 Å². The predicted molar refractivity (Wildman–Crippen MR) is 38.3 cm³/mol. The lowest BCUT2D eigenvalue weighted by atomic mass is 9.93. The summed E-state index contributed by atoms with van der Waals surface area (Å²) in [7, 11) is 0. The van der Waals surface area contributed by atoms with Crippen molar-refractivity contribution in [1.82, 2.24) is 5.32 Å². The number of rotatable bonds is 0. The lowest BCUT2D eigenvalue weighted by Crippen LogP contribution is -2.44. The van der Waals surface area contributed by atoms with Crippen LogP contribution in [0.5, 0.6) is 0 Å². The summed E-state index contributed by atoms with van der Waals surface area (Å²) in [5.74, 6) is 0. The monoisotopic (exact) mass is 123 g/mol. The Bertz CT molecular complexity index is 151. The second-order valence-corrected chi connectivity index (χ2v) is 3.42. The molecule has 0 radical (unpaired) electrons. The van der Waals surface area contributed by atoms with Gasteiger partial charge in [0, 0.05) is 11.6 Å². The second-order valence-electron chi connectivity index (χ2n) is 3.42. The van der Waals surface area contributed by atoms with Gasteiger partial charge in [0.2, 0.25) is 0 Å². The lowest BCUT2D eigenvalue weighted by molar-refractivity contribution is 0.328. The van der Waals surface area contributed by atoms with E-state index in [2.05, 4.69) is 24.4 Å². The number of fused-ring (bicyclic) bond motifs is 2. The van der Waals surface area contributed by atoms with E-state index in [0.29, 0.717) is 11.6 Å². The van der Waals surface area contributed by atoms with Crippen molar-refractivity contribution < 1.29 is 0 Å². The van der Waals surface area contributed by atoms with Gasteiger partial charge in [0.1, 0.15) is 0 Å². The Morgan fingerprint density at radius 3 is 3.22 bits per heavy atom. The van der Waals surface area contributed by atoms with Crippen molar-refractivity contribution in [3.63, 3.8) is 0 Å². The molecule has 2 rings (SSSR count). The number of piperidine rings is 1. The quantitative estimate of drug-likeness (QED) is 0.481. The van der Waals surface area contributed by atoms with Crippen molar-refractivity contribution in [2.75, 3.05) is 0 Å². The first-order valence-corrected chi connectivity index (χ1v) is 3.76. The molecule has 9 heavy (non-hydrogen) atoms. The maximum Gasteiger partial charge on any atom is 0.0341 e. The zero-order valence-electron chi connectivity index (χ0n) is 5.85. The highest BCUT2D eigenvalue weighted by atomic mass is 15.0. The van der Waals surface area contributed by atoms with Gasteiger partial charge in [0.15, 0.2) is 0 Å². The summed E-state index contributed by atoms with van der Waals surface area (Å²) < 4.78 is 0. The van der Waals surface area contributed by atoms with Crippen LogP contribution < -0.4 is 5.32 Å². The van der Waals surface area contributed by atoms with Gasteiger partial charge in [-0.1, -0.05) is 12.2 Å². The lowest BCUT2D eigenvalue weighted by Gasteiger charge is -2.30. The minimum absolute atomic E-state index is 0.364. The highest BCUT2D eigenvalue weighted by Gasteiger charge is 2.32. The molecule has 0 aromatic rings. The van der Waals surface area contributed by atoms with Crippen molar-refractivity contribution >= 4 is 0 Å². The maximum atomic E-state index is 3.56. The molecule has 0 aromatic heterocycles. The SMILES string of the molecule is CC12C=CC(CCC1)N2. The molecule has 0 aliphatic carbocycles. The standard InChI is InChI=1S/C8H13N/c1-8-5-2-3-7(9-8)4-6-8/h4,6-7,9H,2-3,5H2,1H3. The van der Waals surface area contributed by atoms with E-state index < -0.39 is 0 Å². The zero-order valence-corrected chi connectivity index (χ0v) is 5.85. The molecule has 1 heteroatoms. The summed E-state index contributed by atoms with van der Waals surface area (Å²) in [6, 6.07) is 0.698. The third-order valence-corrected chi connectivity index (χ3v) is 2.42. The molecule has 1 fully saturated rings. The van der Waals surface area contributed by atoms with Gasteiger partial charge in [-0.05, 0) is 26.2 Å². The van der Waals surface area contributed by atoms with E-state index in [1.807, 2.05) is 0 Å². The molecular formula is C8H13N. The van der Waals surface area contributed by atoms with E-state index in [4.69, 9.17) is 0 Å². The van der Waals surface area contributed by atoms with Crippen LogP contribution in [0.4, 0.5) is 0 Å². The first-order chi connectivity index (χ1) is 4.29. The topological polar surface area (TPSA) is 12.0 Å². The molecule has 0 aromatic carbocycles. The molecule has 0 spiro atoms. The van der Waals surface area contributed by atoms with Gasteiger partial charge in [-0.25, -0.2) is 0 Å².